The van der Waals surface area contributed by atoms with Gasteiger partial charge in [-0.1, -0.05) is 70.3 Å². The molecule has 0 radical (unpaired) electrons. The minimum Gasteiger partial charge on any atom is -0.508 e. The van der Waals surface area contributed by atoms with E-state index in [2.05, 4.69) is 10.6 Å². The number of hydrogen-bond donors (Lipinski definition) is 11. The molecule has 0 saturated carbocycles. The fourth-order valence-electron chi connectivity index (χ4n) is 9.08. The number of aromatic carboxylic acids is 1. The molecule has 10 atom stereocenters. The first kappa shape index (κ1) is 58.9. The molecule has 22 heteroatoms. The lowest BCUT2D eigenvalue weighted by atomic mass is 9.90. The van der Waals surface area contributed by atoms with Crippen LogP contribution in [0.5, 0.6) is 5.75 Å². The van der Waals surface area contributed by atoms with Crippen LogP contribution >= 0.6 is 12.2 Å². The van der Waals surface area contributed by atoms with Gasteiger partial charge in [-0.15, -0.1) is 0 Å². The standard InChI is InChI=1S/C53H71N3O18S/c54-23-13-9-5-1-3-7-11-15-41(59)69-28-39-44(61)46(63)48(65)51(72-39)74-52-49(66)47(64)45(62)40(73-52)29-70-42(60)16-12-8-4-2-6-10-14-24-55-53(75)56-30-17-20-33(36(25-30)50(67)68)43-34-21-18-31(57)26-37(34)71-38-27-32(58)19-22-35(38)43/h17-22,25-27,39-40,44-49,51-52,57,61-66H,1-16,23-24,28-29,54H2,(H,67,68)(H2,55,56,75)/t39?,40?,44-,45-,46?,47?,48?,49?,51-,52-/m1/s1. The van der Waals surface area contributed by atoms with Crippen molar-refractivity contribution in [1.82, 2.24) is 5.32 Å². The molecule has 2 aromatic rings. The molecule has 6 rings (SSSR count). The highest BCUT2D eigenvalue weighted by Gasteiger charge is 2.50. The van der Waals surface area contributed by atoms with Crippen LogP contribution < -0.4 is 21.8 Å². The summed E-state index contributed by atoms with van der Waals surface area (Å²) >= 11 is 5.49. The number of carboxylic acids is 1. The number of carbonyl (C=O) groups excluding carboxylic acids is 2. The Hall–Kier alpha value is -5.37. The third-order valence-electron chi connectivity index (χ3n) is 13.3. The smallest absolute Gasteiger partial charge is 0.336 e. The number of nitrogens with two attached hydrogens (primary N) is 1. The van der Waals surface area contributed by atoms with Crippen molar-refractivity contribution in [2.75, 3.05) is 31.6 Å². The predicted molar refractivity (Wildman–Crippen MR) is 277 cm³/mol. The molecular weight excluding hydrogens is 999 g/mol. The number of phenols is 1. The molecule has 2 aromatic carbocycles. The Labute approximate surface area is 439 Å². The van der Waals surface area contributed by atoms with E-state index in [0.717, 1.165) is 77.0 Å². The van der Waals surface area contributed by atoms with Crippen LogP contribution in [0.1, 0.15) is 113 Å². The van der Waals surface area contributed by atoms with Crippen molar-refractivity contribution in [3.8, 4) is 28.2 Å². The summed E-state index contributed by atoms with van der Waals surface area (Å²) in [6.45, 7) is 0.264. The van der Waals surface area contributed by atoms with E-state index in [9.17, 15) is 60.0 Å². The van der Waals surface area contributed by atoms with Crippen LogP contribution in [0.25, 0.3) is 33.4 Å². The second kappa shape index (κ2) is 29.2. The molecule has 21 nitrogen and oxygen atoms in total. The number of benzene rings is 3. The van der Waals surface area contributed by atoms with Crippen LogP contribution in [0, 0.1) is 0 Å². The highest BCUT2D eigenvalue weighted by atomic mass is 32.1. The molecule has 412 valence electrons. The molecule has 0 bridgehead atoms. The maximum Gasteiger partial charge on any atom is 0.336 e. The molecular formula is C53H71N3O18S. The number of carbonyl (C=O) groups is 3. The zero-order valence-corrected chi connectivity index (χ0v) is 42.6. The van der Waals surface area contributed by atoms with E-state index in [-0.39, 0.29) is 40.9 Å². The average Bonchev–Trinajstić information content (AvgIpc) is 3.39. The Morgan fingerprint density at radius 2 is 1.16 bits per heavy atom. The number of aliphatic hydroxyl groups excluding tert-OH is 6. The summed E-state index contributed by atoms with van der Waals surface area (Å²) in [5, 5.41) is 91.0. The number of rotatable bonds is 28. The zero-order chi connectivity index (χ0) is 54.0. The van der Waals surface area contributed by atoms with Crippen LogP contribution in [0.4, 0.5) is 5.69 Å². The summed E-state index contributed by atoms with van der Waals surface area (Å²) in [7, 11) is 0. The second-order valence-electron chi connectivity index (χ2n) is 19.0. The Morgan fingerprint density at radius 1 is 0.627 bits per heavy atom. The van der Waals surface area contributed by atoms with E-state index in [0.29, 0.717) is 58.8 Å². The van der Waals surface area contributed by atoms with Crippen molar-refractivity contribution >= 4 is 51.9 Å². The Bertz CT molecular complexity index is 2530. The molecule has 3 heterocycles. The number of anilines is 1. The lowest BCUT2D eigenvalue weighted by Gasteiger charge is -2.44. The number of nitrogens with one attached hydrogen (secondary N) is 2. The molecule has 1 aliphatic carbocycles. The van der Waals surface area contributed by atoms with Gasteiger partial charge in [-0.3, -0.25) is 14.4 Å². The quantitative estimate of drug-likeness (QED) is 0.0164. The van der Waals surface area contributed by atoms with Gasteiger partial charge in [0.1, 0.15) is 79.1 Å². The van der Waals surface area contributed by atoms with Crippen molar-refractivity contribution in [3.63, 3.8) is 0 Å². The Kier molecular flexibility index (Phi) is 22.9. The molecule has 75 heavy (non-hydrogen) atoms. The topological polar surface area (TPSA) is 339 Å². The molecule has 12 N–H and O–H groups in total. The van der Waals surface area contributed by atoms with Crippen molar-refractivity contribution in [2.24, 2.45) is 5.73 Å². The largest absolute Gasteiger partial charge is 0.508 e. The highest BCUT2D eigenvalue weighted by molar-refractivity contribution is 7.80. The van der Waals surface area contributed by atoms with Crippen molar-refractivity contribution < 1.29 is 83.3 Å². The van der Waals surface area contributed by atoms with E-state index >= 15 is 0 Å². The van der Waals surface area contributed by atoms with Crippen LogP contribution in [-0.4, -0.2) is 152 Å². The van der Waals surface area contributed by atoms with E-state index in [1.54, 1.807) is 24.3 Å². The molecule has 0 spiro atoms. The van der Waals surface area contributed by atoms with Gasteiger partial charge in [0.15, 0.2) is 23.1 Å². The van der Waals surface area contributed by atoms with Gasteiger partial charge >= 0.3 is 17.9 Å². The number of aromatic hydroxyl groups is 1. The summed E-state index contributed by atoms with van der Waals surface area (Å²) < 4.78 is 33.3. The van der Waals surface area contributed by atoms with Crippen LogP contribution in [0.3, 0.4) is 0 Å². The SMILES string of the molecule is NCCCCCCCCCC(=O)OCC1O[C@H](O[C@H]2OC(COC(=O)CCCCCCCCCNC(=S)Nc3ccc(-c4c5ccc(=O)cc-5oc5cc(O)ccc45)c(C(=O)O)c3)[C@@H](O)C(O)C2O)C(O)C(O)[C@@H]1O. The fourth-order valence-corrected chi connectivity index (χ4v) is 9.30. The third-order valence-corrected chi connectivity index (χ3v) is 13.6. The number of esters is 2. The van der Waals surface area contributed by atoms with Crippen LogP contribution in [-0.2, 0) is 33.3 Å². The molecule has 0 amide bonds. The molecule has 2 saturated heterocycles. The minimum absolute atomic E-state index is 0.0144. The second-order valence-corrected chi connectivity index (χ2v) is 19.4. The highest BCUT2D eigenvalue weighted by Crippen LogP contribution is 2.42. The number of aliphatic hydroxyl groups is 6. The van der Waals surface area contributed by atoms with Gasteiger partial charge in [0, 0.05) is 53.7 Å². The maximum absolute atomic E-state index is 12.6. The van der Waals surface area contributed by atoms with Crippen molar-refractivity contribution in [3.05, 3.63) is 70.4 Å². The summed E-state index contributed by atoms with van der Waals surface area (Å²) in [6.07, 6.45) is -4.35. The lowest BCUT2D eigenvalue weighted by Crippen LogP contribution is -2.64. The zero-order valence-electron chi connectivity index (χ0n) is 41.8. The monoisotopic (exact) mass is 1070 g/mol. The summed E-state index contributed by atoms with van der Waals surface area (Å²) in [5.41, 5.74) is 7.40. The van der Waals surface area contributed by atoms with E-state index in [4.69, 9.17) is 46.1 Å². The van der Waals surface area contributed by atoms with Gasteiger partial charge in [0.25, 0.3) is 0 Å². The first-order valence-corrected chi connectivity index (χ1v) is 26.1. The average molecular weight is 1070 g/mol. The number of hydrogen-bond acceptors (Lipinski definition) is 19. The lowest BCUT2D eigenvalue weighted by molar-refractivity contribution is -0.376. The molecule has 0 aromatic heterocycles. The number of thiocarbonyl (C=S) groups is 1. The third kappa shape index (κ3) is 16.8. The van der Waals surface area contributed by atoms with Gasteiger partial charge in [0.2, 0.25) is 0 Å². The summed E-state index contributed by atoms with van der Waals surface area (Å²) in [5.74, 6) is -2.10. The van der Waals surface area contributed by atoms with Gasteiger partial charge in [-0.2, -0.15) is 0 Å². The maximum atomic E-state index is 12.6. The van der Waals surface area contributed by atoms with Gasteiger partial charge < -0.3 is 85.3 Å². The summed E-state index contributed by atoms with van der Waals surface area (Å²) in [6, 6.07) is 13.6. The normalized spacial score (nSPS) is 23.7. The minimum atomic E-state index is -1.86. The van der Waals surface area contributed by atoms with Gasteiger partial charge in [0.05, 0.1) is 5.56 Å². The first-order valence-electron chi connectivity index (χ1n) is 25.7. The Balaban J connectivity index is 0.849. The number of ether oxygens (including phenoxy) is 5. The summed E-state index contributed by atoms with van der Waals surface area (Å²) in [4.78, 5) is 49.7. The first-order chi connectivity index (χ1) is 36.1. The van der Waals surface area contributed by atoms with Crippen molar-refractivity contribution in [1.29, 1.82) is 0 Å². The fraction of sp³-hybridized carbons (Fsp3) is 0.566. The molecule has 3 aliphatic heterocycles. The Morgan fingerprint density at radius 3 is 1.72 bits per heavy atom. The van der Waals surface area contributed by atoms with E-state index in [1.165, 1.54) is 30.3 Å². The number of unbranched alkanes of at least 4 members (excludes halogenated alkanes) is 12. The van der Waals surface area contributed by atoms with Crippen molar-refractivity contribution in [2.45, 2.75) is 164 Å². The van der Waals surface area contributed by atoms with Crippen LogP contribution in [0.15, 0.2) is 63.8 Å². The number of carboxylic acid groups (broad SMARTS) is 1. The van der Waals surface area contributed by atoms with Crippen LogP contribution in [0.2, 0.25) is 0 Å². The number of fused-ring (bicyclic) bond motifs is 2. The van der Waals surface area contributed by atoms with Gasteiger partial charge in [-0.05, 0) is 86.4 Å². The molecule has 6 unspecified atom stereocenters. The predicted octanol–water partition coefficient (Wildman–Crippen LogP) is 4.17. The number of phenolic OH excluding ortho intramolecular Hbond substituents is 1. The molecule has 4 aliphatic rings. The van der Waals surface area contributed by atoms with E-state index in [1.807, 2.05) is 0 Å². The van der Waals surface area contributed by atoms with Gasteiger partial charge in [-0.25, -0.2) is 4.79 Å². The van der Waals surface area contributed by atoms with E-state index < -0.39 is 92.5 Å². The molecule has 2 fully saturated rings.